The summed E-state index contributed by atoms with van der Waals surface area (Å²) >= 11 is 3.15. The zero-order valence-electron chi connectivity index (χ0n) is 8.98. The molecule has 0 saturated heterocycles. The van der Waals surface area contributed by atoms with Gasteiger partial charge in [0.1, 0.15) is 16.0 Å². The van der Waals surface area contributed by atoms with E-state index in [-0.39, 0.29) is 11.6 Å². The van der Waals surface area contributed by atoms with Crippen molar-refractivity contribution in [3.8, 4) is 17.0 Å². The van der Waals surface area contributed by atoms with Gasteiger partial charge in [-0.3, -0.25) is 5.11 Å². The summed E-state index contributed by atoms with van der Waals surface area (Å²) in [7, 11) is 0. The lowest BCUT2D eigenvalue weighted by atomic mass is 10.1. The lowest BCUT2D eigenvalue weighted by Gasteiger charge is -1.98. The van der Waals surface area contributed by atoms with Gasteiger partial charge in [-0.2, -0.15) is 0 Å². The quantitative estimate of drug-likeness (QED) is 0.662. The maximum absolute atomic E-state index is 13.7. The predicted molar refractivity (Wildman–Crippen MR) is 67.2 cm³/mol. The molecule has 18 heavy (non-hydrogen) atoms. The van der Waals surface area contributed by atoms with Gasteiger partial charge in [-0.25, -0.2) is 4.39 Å². The number of aromatic nitrogens is 1. The first-order chi connectivity index (χ1) is 8.68. The number of fused-ring (bicyclic) bond motifs is 1. The van der Waals surface area contributed by atoms with Crippen LogP contribution < -0.4 is 0 Å². The molecule has 0 aliphatic heterocycles. The molecule has 0 aliphatic carbocycles. The summed E-state index contributed by atoms with van der Waals surface area (Å²) in [5, 5.41) is 15.9. The third kappa shape index (κ3) is 1.59. The van der Waals surface area contributed by atoms with Crippen LogP contribution in [0.5, 0.6) is 5.75 Å². The third-order valence-corrected chi connectivity index (χ3v) is 3.42. The Kier molecular flexibility index (Phi) is 2.56. The first kappa shape index (κ1) is 11.2. The largest absolute Gasteiger partial charge is 0.354 e. The molecule has 89 valence electrons. The van der Waals surface area contributed by atoms with Crippen LogP contribution in [0.25, 0.3) is 22.2 Å². The van der Waals surface area contributed by atoms with Gasteiger partial charge in [0.2, 0.25) is 0 Å². The van der Waals surface area contributed by atoms with Gasteiger partial charge in [0.05, 0.1) is 5.39 Å². The van der Waals surface area contributed by atoms with Crippen LogP contribution in [0.4, 0.5) is 4.39 Å². The topological polar surface area (TPSA) is 45.9 Å². The Bertz CT molecular complexity index is 739. The lowest BCUT2D eigenvalue weighted by molar-refractivity contribution is 0.351. The molecule has 1 aromatic heterocycles. The molecule has 3 aromatic rings. The molecule has 0 saturated carbocycles. The zero-order chi connectivity index (χ0) is 12.7. The summed E-state index contributed by atoms with van der Waals surface area (Å²) in [5.41, 5.74) is 1.08. The van der Waals surface area contributed by atoms with Gasteiger partial charge >= 0.3 is 0 Å². The van der Waals surface area contributed by atoms with Gasteiger partial charge in [-0.15, -0.1) is 0 Å². The molecule has 0 spiro atoms. The molecule has 0 amide bonds. The monoisotopic (exact) mass is 306 g/mol. The van der Waals surface area contributed by atoms with Crippen LogP contribution in [0.2, 0.25) is 0 Å². The second-order valence-corrected chi connectivity index (χ2v) is 4.56. The molecule has 0 N–H and O–H groups in total. The van der Waals surface area contributed by atoms with E-state index in [0.717, 1.165) is 0 Å². The van der Waals surface area contributed by atoms with E-state index >= 15 is 0 Å². The van der Waals surface area contributed by atoms with Crippen molar-refractivity contribution >= 4 is 26.9 Å². The molecule has 1 radical (unpaired) electrons. The minimum Gasteiger partial charge on any atom is -0.354 e. The van der Waals surface area contributed by atoms with Crippen molar-refractivity contribution in [3.05, 3.63) is 46.7 Å². The van der Waals surface area contributed by atoms with E-state index in [2.05, 4.69) is 21.1 Å². The highest BCUT2D eigenvalue weighted by atomic mass is 79.9. The fourth-order valence-corrected chi connectivity index (χ4v) is 2.22. The molecule has 3 rings (SSSR count). The van der Waals surface area contributed by atoms with Crippen LogP contribution in [-0.4, -0.2) is 5.16 Å². The number of hydrogen-bond donors (Lipinski definition) is 0. The smallest absolute Gasteiger partial charge is 0.196 e. The fraction of sp³-hybridized carbons (Fsp3) is 0. The summed E-state index contributed by atoms with van der Waals surface area (Å²) in [6, 6.07) is 9.27. The van der Waals surface area contributed by atoms with Crippen LogP contribution in [0, 0.1) is 5.82 Å². The van der Waals surface area contributed by atoms with Gasteiger partial charge in [0, 0.05) is 5.56 Å². The Morgan fingerprint density at radius 1 is 1.17 bits per heavy atom. The minimum absolute atomic E-state index is 0.196. The maximum Gasteiger partial charge on any atom is 0.196 e. The molecule has 0 fully saturated rings. The molecule has 2 aromatic carbocycles. The standard InChI is InChI=1S/C13H6BrFNO2/c14-11-10(17)6-5-8-12(16-18-13(8)11)7-3-1-2-4-9(7)15/h1-6H. The Hall–Kier alpha value is -1.88. The van der Waals surface area contributed by atoms with E-state index in [0.29, 0.717) is 26.7 Å². The molecule has 1 heterocycles. The number of rotatable bonds is 1. The van der Waals surface area contributed by atoms with Crippen LogP contribution in [0.15, 0.2) is 45.4 Å². The zero-order valence-corrected chi connectivity index (χ0v) is 10.6. The predicted octanol–water partition coefficient (Wildman–Crippen LogP) is 4.54. The SMILES string of the molecule is [O]c1ccc2c(-c3ccccc3F)noc2c1Br. The van der Waals surface area contributed by atoms with Gasteiger partial charge in [-0.05, 0) is 40.2 Å². The highest BCUT2D eigenvalue weighted by molar-refractivity contribution is 9.10. The van der Waals surface area contributed by atoms with E-state index < -0.39 is 0 Å². The van der Waals surface area contributed by atoms with Crippen LogP contribution in [0.1, 0.15) is 0 Å². The Morgan fingerprint density at radius 2 is 1.94 bits per heavy atom. The average Bonchev–Trinajstić information content (AvgIpc) is 2.79. The molecular formula is C13H6BrFNO2. The maximum atomic E-state index is 13.7. The lowest BCUT2D eigenvalue weighted by Crippen LogP contribution is -1.83. The summed E-state index contributed by atoms with van der Waals surface area (Å²) in [4.78, 5) is 0. The van der Waals surface area contributed by atoms with Gasteiger partial charge < -0.3 is 4.52 Å². The second kappa shape index (κ2) is 4.10. The summed E-state index contributed by atoms with van der Waals surface area (Å²) in [5.74, 6) is -0.575. The fourth-order valence-electron chi connectivity index (χ4n) is 1.80. The molecular weight excluding hydrogens is 301 g/mol. The molecule has 0 unspecified atom stereocenters. The van der Waals surface area contributed by atoms with Crippen molar-refractivity contribution in [1.82, 2.24) is 5.16 Å². The molecule has 0 bridgehead atoms. The van der Waals surface area contributed by atoms with Gasteiger partial charge in [-0.1, -0.05) is 17.3 Å². The minimum atomic E-state index is -0.380. The van der Waals surface area contributed by atoms with Crippen molar-refractivity contribution in [2.75, 3.05) is 0 Å². The van der Waals surface area contributed by atoms with E-state index in [4.69, 9.17) is 4.52 Å². The normalized spacial score (nSPS) is 11.0. The van der Waals surface area contributed by atoms with Crippen LogP contribution in [-0.2, 0) is 5.11 Å². The van der Waals surface area contributed by atoms with Crippen LogP contribution in [0.3, 0.4) is 0 Å². The van der Waals surface area contributed by atoms with Crippen molar-refractivity contribution in [2.45, 2.75) is 0 Å². The van der Waals surface area contributed by atoms with Gasteiger partial charge in [0.25, 0.3) is 0 Å². The summed E-state index contributed by atoms with van der Waals surface area (Å²) < 4.78 is 19.1. The van der Waals surface area contributed by atoms with E-state index in [1.807, 2.05) is 0 Å². The third-order valence-electron chi connectivity index (χ3n) is 2.67. The summed E-state index contributed by atoms with van der Waals surface area (Å²) in [6.07, 6.45) is 0. The molecule has 3 nitrogen and oxygen atoms in total. The Balaban J connectivity index is 2.32. The number of benzene rings is 2. The number of hydrogen-bond acceptors (Lipinski definition) is 2. The highest BCUT2D eigenvalue weighted by Crippen LogP contribution is 2.37. The van der Waals surface area contributed by atoms with E-state index in [9.17, 15) is 9.50 Å². The van der Waals surface area contributed by atoms with E-state index in [1.54, 1.807) is 24.3 Å². The van der Waals surface area contributed by atoms with Crippen molar-refractivity contribution in [3.63, 3.8) is 0 Å². The highest BCUT2D eigenvalue weighted by Gasteiger charge is 2.17. The van der Waals surface area contributed by atoms with Crippen molar-refractivity contribution in [2.24, 2.45) is 0 Å². The second-order valence-electron chi connectivity index (χ2n) is 3.77. The van der Waals surface area contributed by atoms with Gasteiger partial charge in [0.15, 0.2) is 11.3 Å². The van der Waals surface area contributed by atoms with Crippen molar-refractivity contribution < 1.29 is 14.0 Å². The number of nitrogens with zero attached hydrogens (tertiary/aromatic N) is 1. The first-order valence-corrected chi connectivity index (χ1v) is 5.97. The first-order valence-electron chi connectivity index (χ1n) is 5.18. The Labute approximate surface area is 110 Å². The molecule has 0 aliphatic rings. The van der Waals surface area contributed by atoms with Crippen molar-refractivity contribution in [1.29, 1.82) is 0 Å². The van der Waals surface area contributed by atoms with Crippen LogP contribution >= 0.6 is 15.9 Å². The van der Waals surface area contributed by atoms with E-state index in [1.165, 1.54) is 12.1 Å². The Morgan fingerprint density at radius 3 is 2.72 bits per heavy atom. The summed E-state index contributed by atoms with van der Waals surface area (Å²) in [6.45, 7) is 0. The average molecular weight is 307 g/mol. The molecule has 0 atom stereocenters. The number of halogens is 2. The molecule has 5 heteroatoms.